The lowest BCUT2D eigenvalue weighted by molar-refractivity contribution is -0.153. The predicted octanol–water partition coefficient (Wildman–Crippen LogP) is 0.908. The number of carbonyl (C=O) groups excluding carboxylic acids is 3. The SMILES string of the molecule is O=C(O)C(O)C(=O)[C@H](Cc1ccccc1)N1C(=O)c2ccccc2C1=O. The molecule has 0 spiro atoms. The molecule has 2 aromatic rings. The average Bonchev–Trinajstić information content (AvgIpc) is 2.90. The first kappa shape index (κ1) is 17.5. The van der Waals surface area contributed by atoms with Crippen molar-refractivity contribution in [3.05, 3.63) is 71.3 Å². The van der Waals surface area contributed by atoms with Crippen molar-refractivity contribution in [1.82, 2.24) is 4.90 Å². The number of aliphatic hydroxyl groups excluding tert-OH is 1. The maximum Gasteiger partial charge on any atom is 0.340 e. The van der Waals surface area contributed by atoms with Crippen molar-refractivity contribution < 1.29 is 29.4 Å². The summed E-state index contributed by atoms with van der Waals surface area (Å²) in [6.07, 6.45) is -2.41. The van der Waals surface area contributed by atoms with E-state index in [1.54, 1.807) is 42.5 Å². The Morgan fingerprint density at radius 3 is 1.88 bits per heavy atom. The van der Waals surface area contributed by atoms with E-state index in [4.69, 9.17) is 5.11 Å². The average molecular weight is 353 g/mol. The Morgan fingerprint density at radius 2 is 1.38 bits per heavy atom. The van der Waals surface area contributed by atoms with Crippen LogP contribution in [0.1, 0.15) is 26.3 Å². The molecule has 0 aromatic heterocycles. The highest BCUT2D eigenvalue weighted by Crippen LogP contribution is 2.26. The van der Waals surface area contributed by atoms with Gasteiger partial charge in [0.15, 0.2) is 5.78 Å². The molecule has 0 fully saturated rings. The van der Waals surface area contributed by atoms with E-state index in [0.29, 0.717) is 5.56 Å². The number of carboxylic acids is 1. The number of imide groups is 1. The number of nitrogens with zero attached hydrogens (tertiary/aromatic N) is 1. The van der Waals surface area contributed by atoms with Crippen molar-refractivity contribution in [1.29, 1.82) is 0 Å². The number of fused-ring (bicyclic) bond motifs is 1. The quantitative estimate of drug-likeness (QED) is 0.590. The molecular formula is C19H15NO6. The van der Waals surface area contributed by atoms with Crippen LogP contribution in [-0.2, 0) is 16.0 Å². The van der Waals surface area contributed by atoms with Crippen molar-refractivity contribution >= 4 is 23.6 Å². The molecule has 3 rings (SSSR count). The number of hydrogen-bond donors (Lipinski definition) is 2. The number of aliphatic carboxylic acids is 1. The second-order valence-corrected chi connectivity index (χ2v) is 5.87. The Labute approximate surface area is 148 Å². The van der Waals surface area contributed by atoms with Crippen LogP contribution in [0.15, 0.2) is 54.6 Å². The van der Waals surface area contributed by atoms with Gasteiger partial charge in [-0.1, -0.05) is 42.5 Å². The highest BCUT2D eigenvalue weighted by molar-refractivity contribution is 6.23. The number of rotatable bonds is 6. The monoisotopic (exact) mass is 353 g/mol. The van der Waals surface area contributed by atoms with Gasteiger partial charge in [0, 0.05) is 6.42 Å². The minimum absolute atomic E-state index is 0.0878. The highest BCUT2D eigenvalue weighted by atomic mass is 16.4. The zero-order chi connectivity index (χ0) is 18.8. The summed E-state index contributed by atoms with van der Waals surface area (Å²) in [6.45, 7) is 0. The van der Waals surface area contributed by atoms with Gasteiger partial charge in [-0.3, -0.25) is 19.3 Å². The summed E-state index contributed by atoms with van der Waals surface area (Å²) in [5.41, 5.74) is 0.918. The summed E-state index contributed by atoms with van der Waals surface area (Å²) in [7, 11) is 0. The van der Waals surface area contributed by atoms with E-state index in [1.807, 2.05) is 0 Å². The van der Waals surface area contributed by atoms with Gasteiger partial charge in [-0.25, -0.2) is 4.79 Å². The Kier molecular flexibility index (Phi) is 4.64. The van der Waals surface area contributed by atoms with Gasteiger partial charge in [0.25, 0.3) is 11.8 Å². The summed E-state index contributed by atoms with van der Waals surface area (Å²) in [5, 5.41) is 18.7. The first-order valence-corrected chi connectivity index (χ1v) is 7.87. The van der Waals surface area contributed by atoms with Gasteiger partial charge in [0.2, 0.25) is 6.10 Å². The molecule has 0 bridgehead atoms. The van der Waals surface area contributed by atoms with Crippen molar-refractivity contribution in [2.75, 3.05) is 0 Å². The van der Waals surface area contributed by atoms with E-state index >= 15 is 0 Å². The number of Topliss-reactive ketones (excluding diaryl/α,β-unsaturated/α-hetero) is 1. The Bertz CT molecular complexity index is 857. The Morgan fingerprint density at radius 1 is 0.885 bits per heavy atom. The van der Waals surface area contributed by atoms with E-state index in [1.165, 1.54) is 12.1 Å². The second kappa shape index (κ2) is 6.89. The lowest BCUT2D eigenvalue weighted by Crippen LogP contribution is -2.51. The molecule has 7 heteroatoms. The number of benzene rings is 2. The fourth-order valence-corrected chi connectivity index (χ4v) is 2.95. The number of ketones is 1. The zero-order valence-corrected chi connectivity index (χ0v) is 13.5. The molecule has 1 aliphatic heterocycles. The van der Waals surface area contributed by atoms with E-state index in [2.05, 4.69) is 0 Å². The van der Waals surface area contributed by atoms with E-state index < -0.39 is 35.7 Å². The van der Waals surface area contributed by atoms with Crippen molar-refractivity contribution in [2.45, 2.75) is 18.6 Å². The van der Waals surface area contributed by atoms with Crippen LogP contribution in [0.2, 0.25) is 0 Å². The maximum absolute atomic E-state index is 12.7. The molecule has 26 heavy (non-hydrogen) atoms. The minimum Gasteiger partial charge on any atom is -0.479 e. The lowest BCUT2D eigenvalue weighted by Gasteiger charge is -2.26. The number of carbonyl (C=O) groups is 4. The van der Waals surface area contributed by atoms with Gasteiger partial charge in [-0.05, 0) is 17.7 Å². The van der Waals surface area contributed by atoms with Gasteiger partial charge >= 0.3 is 5.97 Å². The third-order valence-corrected chi connectivity index (χ3v) is 4.24. The molecule has 0 saturated carbocycles. The molecule has 2 N–H and O–H groups in total. The third-order valence-electron chi connectivity index (χ3n) is 4.24. The normalized spacial score (nSPS) is 15.5. The lowest BCUT2D eigenvalue weighted by atomic mass is 9.97. The molecule has 0 radical (unpaired) electrons. The molecule has 1 aliphatic rings. The maximum atomic E-state index is 12.7. The van der Waals surface area contributed by atoms with Gasteiger partial charge in [0.05, 0.1) is 11.1 Å². The molecule has 132 valence electrons. The first-order valence-electron chi connectivity index (χ1n) is 7.87. The molecule has 2 amide bonds. The topological polar surface area (TPSA) is 112 Å². The number of amides is 2. The number of aliphatic hydroxyl groups is 1. The zero-order valence-electron chi connectivity index (χ0n) is 13.5. The van der Waals surface area contributed by atoms with Crippen LogP contribution < -0.4 is 0 Å². The largest absolute Gasteiger partial charge is 0.479 e. The number of carboxylic acid groups (broad SMARTS) is 1. The molecular weight excluding hydrogens is 338 g/mol. The van der Waals surface area contributed by atoms with Crippen LogP contribution in [0.5, 0.6) is 0 Å². The Hall–Kier alpha value is -3.32. The molecule has 1 heterocycles. The van der Waals surface area contributed by atoms with Gasteiger partial charge < -0.3 is 10.2 Å². The third kappa shape index (κ3) is 3.00. The van der Waals surface area contributed by atoms with Crippen molar-refractivity contribution in [2.24, 2.45) is 0 Å². The molecule has 1 unspecified atom stereocenters. The minimum atomic E-state index is -2.33. The van der Waals surface area contributed by atoms with Crippen LogP contribution in [-0.4, -0.2) is 50.8 Å². The standard InChI is InChI=1S/C19H15NO6/c21-15(16(22)19(25)26)14(10-11-6-2-1-3-7-11)20-17(23)12-8-4-5-9-13(12)18(20)24/h1-9,14,16,22H,10H2,(H,25,26)/t14-,16?/m0/s1. The van der Waals surface area contributed by atoms with E-state index in [-0.39, 0.29) is 17.5 Å². The van der Waals surface area contributed by atoms with Crippen molar-refractivity contribution in [3.63, 3.8) is 0 Å². The summed E-state index contributed by atoms with van der Waals surface area (Å²) < 4.78 is 0. The highest BCUT2D eigenvalue weighted by Gasteiger charge is 2.45. The summed E-state index contributed by atoms with van der Waals surface area (Å²) in [6, 6.07) is 13.3. The second-order valence-electron chi connectivity index (χ2n) is 5.87. The number of hydrogen-bond acceptors (Lipinski definition) is 5. The van der Waals surface area contributed by atoms with Crippen LogP contribution in [0.25, 0.3) is 0 Å². The van der Waals surface area contributed by atoms with Crippen LogP contribution in [0.3, 0.4) is 0 Å². The Balaban J connectivity index is 2.01. The van der Waals surface area contributed by atoms with Gasteiger partial charge in [-0.15, -0.1) is 0 Å². The summed E-state index contributed by atoms with van der Waals surface area (Å²) >= 11 is 0. The fraction of sp³-hybridized carbons (Fsp3) is 0.158. The van der Waals surface area contributed by atoms with Crippen LogP contribution >= 0.6 is 0 Å². The molecule has 0 saturated heterocycles. The molecule has 0 aliphatic carbocycles. The van der Waals surface area contributed by atoms with E-state index in [9.17, 15) is 24.3 Å². The molecule has 2 atom stereocenters. The first-order chi connectivity index (χ1) is 12.4. The van der Waals surface area contributed by atoms with Crippen LogP contribution in [0, 0.1) is 0 Å². The van der Waals surface area contributed by atoms with Crippen LogP contribution in [0.4, 0.5) is 0 Å². The van der Waals surface area contributed by atoms with Gasteiger partial charge in [0.1, 0.15) is 6.04 Å². The summed E-state index contributed by atoms with van der Waals surface area (Å²) in [4.78, 5) is 49.6. The van der Waals surface area contributed by atoms with Gasteiger partial charge in [-0.2, -0.15) is 0 Å². The van der Waals surface area contributed by atoms with E-state index in [0.717, 1.165) is 4.90 Å². The predicted molar refractivity (Wildman–Crippen MR) is 89.5 cm³/mol. The molecule has 2 aromatic carbocycles. The fourth-order valence-electron chi connectivity index (χ4n) is 2.95. The summed E-state index contributed by atoms with van der Waals surface area (Å²) in [5.74, 6) is -4.21. The van der Waals surface area contributed by atoms with Crippen molar-refractivity contribution in [3.8, 4) is 0 Å². The smallest absolute Gasteiger partial charge is 0.340 e. The molecule has 7 nitrogen and oxygen atoms in total.